The molecular weight excluding hydrogens is 290 g/mol. The summed E-state index contributed by atoms with van der Waals surface area (Å²) in [7, 11) is -3.49. The van der Waals surface area contributed by atoms with Crippen molar-refractivity contribution in [3.8, 4) is 0 Å². The fraction of sp³-hybridized carbons (Fsp3) is 0.571. The van der Waals surface area contributed by atoms with Crippen LogP contribution in [0.15, 0.2) is 29.2 Å². The van der Waals surface area contributed by atoms with Crippen LogP contribution < -0.4 is 5.73 Å². The zero-order valence-electron chi connectivity index (χ0n) is 12.5. The highest BCUT2D eigenvalue weighted by molar-refractivity contribution is 7.89. The molecule has 1 aliphatic heterocycles. The molecule has 7 heteroatoms. The van der Waals surface area contributed by atoms with Crippen molar-refractivity contribution in [2.45, 2.75) is 24.3 Å². The first kappa shape index (κ1) is 16.2. The van der Waals surface area contributed by atoms with Crippen LogP contribution in [0.1, 0.15) is 13.8 Å². The second-order valence-electron chi connectivity index (χ2n) is 6.07. The van der Waals surface area contributed by atoms with Crippen molar-refractivity contribution >= 4 is 15.7 Å². The van der Waals surface area contributed by atoms with Crippen LogP contribution in [0.2, 0.25) is 0 Å². The highest BCUT2D eigenvalue weighted by Gasteiger charge is 2.30. The van der Waals surface area contributed by atoms with E-state index < -0.39 is 15.6 Å². The number of rotatable bonds is 4. The number of sulfonamides is 1. The van der Waals surface area contributed by atoms with Gasteiger partial charge < -0.3 is 10.8 Å². The Kier molecular flexibility index (Phi) is 4.57. The maximum absolute atomic E-state index is 12.5. The summed E-state index contributed by atoms with van der Waals surface area (Å²) in [4.78, 5) is 2.31. The number of β-amino-alcohol motifs (C(OH)–C–C–N with tert-alkyl or cyclic N) is 1. The van der Waals surface area contributed by atoms with Crippen molar-refractivity contribution in [2.75, 3.05) is 38.5 Å². The number of aliphatic hydroxyl groups is 1. The molecule has 0 bridgehead atoms. The van der Waals surface area contributed by atoms with Gasteiger partial charge in [-0.15, -0.1) is 0 Å². The van der Waals surface area contributed by atoms with Gasteiger partial charge in [-0.2, -0.15) is 4.31 Å². The van der Waals surface area contributed by atoms with Gasteiger partial charge in [-0.3, -0.25) is 4.90 Å². The van der Waals surface area contributed by atoms with E-state index in [1.165, 1.54) is 10.4 Å². The number of nitrogens with two attached hydrogens (primary N) is 1. The van der Waals surface area contributed by atoms with Gasteiger partial charge in [-0.25, -0.2) is 8.42 Å². The lowest BCUT2D eigenvalue weighted by atomic mass is 10.1. The summed E-state index contributed by atoms with van der Waals surface area (Å²) in [6, 6.07) is 6.36. The van der Waals surface area contributed by atoms with Gasteiger partial charge in [0, 0.05) is 38.4 Å². The molecule has 1 aromatic rings. The Hall–Kier alpha value is -1.15. The summed E-state index contributed by atoms with van der Waals surface area (Å²) in [5, 5.41) is 9.82. The van der Waals surface area contributed by atoms with Crippen molar-refractivity contribution in [1.82, 2.24) is 9.21 Å². The van der Waals surface area contributed by atoms with Crippen LogP contribution in [0.3, 0.4) is 0 Å². The van der Waals surface area contributed by atoms with Crippen LogP contribution in [0, 0.1) is 0 Å². The molecule has 1 aliphatic rings. The van der Waals surface area contributed by atoms with Gasteiger partial charge in [0.15, 0.2) is 0 Å². The molecule has 0 saturated carbocycles. The van der Waals surface area contributed by atoms with Gasteiger partial charge in [-0.1, -0.05) is 6.07 Å². The maximum Gasteiger partial charge on any atom is 0.243 e. The Morgan fingerprint density at radius 2 is 1.86 bits per heavy atom. The standard InChI is InChI=1S/C14H23N3O3S/c1-14(2,18)11-16-6-8-17(9-7-16)21(19,20)13-5-3-4-12(15)10-13/h3-5,10,18H,6-9,11,15H2,1-2H3. The molecule has 0 radical (unpaired) electrons. The minimum Gasteiger partial charge on any atom is -0.399 e. The average Bonchev–Trinajstić information content (AvgIpc) is 2.37. The number of anilines is 1. The van der Waals surface area contributed by atoms with Gasteiger partial charge in [0.1, 0.15) is 0 Å². The minimum absolute atomic E-state index is 0.235. The number of piperazine rings is 1. The van der Waals surface area contributed by atoms with Crippen LogP contribution in [-0.2, 0) is 10.0 Å². The molecule has 0 atom stereocenters. The quantitative estimate of drug-likeness (QED) is 0.783. The monoisotopic (exact) mass is 313 g/mol. The van der Waals surface area contributed by atoms with E-state index in [-0.39, 0.29) is 4.90 Å². The second-order valence-corrected chi connectivity index (χ2v) is 8.00. The van der Waals surface area contributed by atoms with Gasteiger partial charge in [0.2, 0.25) is 10.0 Å². The highest BCUT2D eigenvalue weighted by atomic mass is 32.2. The Bertz CT molecular complexity index is 588. The van der Waals surface area contributed by atoms with E-state index in [0.717, 1.165) is 0 Å². The summed E-state index contributed by atoms with van der Waals surface area (Å²) < 4.78 is 26.5. The van der Waals surface area contributed by atoms with Gasteiger partial charge in [0.05, 0.1) is 10.5 Å². The van der Waals surface area contributed by atoms with E-state index in [1.807, 2.05) is 0 Å². The van der Waals surface area contributed by atoms with Crippen LogP contribution in [0.5, 0.6) is 0 Å². The highest BCUT2D eigenvalue weighted by Crippen LogP contribution is 2.20. The predicted octanol–water partition coefficient (Wildman–Crippen LogP) is 0.346. The van der Waals surface area contributed by atoms with E-state index in [0.29, 0.717) is 38.4 Å². The summed E-state index contributed by atoms with van der Waals surface area (Å²) in [6.45, 7) is 6.13. The summed E-state index contributed by atoms with van der Waals surface area (Å²) in [6.07, 6.45) is 0. The van der Waals surface area contributed by atoms with Crippen molar-refractivity contribution in [3.05, 3.63) is 24.3 Å². The molecule has 1 fully saturated rings. The number of hydrogen-bond acceptors (Lipinski definition) is 5. The lowest BCUT2D eigenvalue weighted by Crippen LogP contribution is -2.51. The third-order valence-electron chi connectivity index (χ3n) is 3.44. The lowest BCUT2D eigenvalue weighted by Gasteiger charge is -2.36. The Labute approximate surface area is 126 Å². The Morgan fingerprint density at radius 3 is 2.38 bits per heavy atom. The Balaban J connectivity index is 2.05. The minimum atomic E-state index is -3.49. The lowest BCUT2D eigenvalue weighted by molar-refractivity contribution is 0.0263. The largest absolute Gasteiger partial charge is 0.399 e. The van der Waals surface area contributed by atoms with Crippen molar-refractivity contribution < 1.29 is 13.5 Å². The molecule has 0 amide bonds. The fourth-order valence-electron chi connectivity index (χ4n) is 2.50. The maximum atomic E-state index is 12.5. The van der Waals surface area contributed by atoms with Crippen LogP contribution in [0.4, 0.5) is 5.69 Å². The van der Waals surface area contributed by atoms with Crippen LogP contribution >= 0.6 is 0 Å². The van der Waals surface area contributed by atoms with E-state index in [9.17, 15) is 13.5 Å². The average molecular weight is 313 g/mol. The molecule has 1 heterocycles. The van der Waals surface area contributed by atoms with Crippen LogP contribution in [-0.4, -0.2) is 61.1 Å². The third-order valence-corrected chi connectivity index (χ3v) is 5.33. The third kappa shape index (κ3) is 4.16. The molecule has 6 nitrogen and oxygen atoms in total. The molecule has 21 heavy (non-hydrogen) atoms. The normalized spacial score (nSPS) is 18.8. The topological polar surface area (TPSA) is 86.9 Å². The Morgan fingerprint density at radius 1 is 1.24 bits per heavy atom. The molecule has 2 rings (SSSR count). The van der Waals surface area contributed by atoms with E-state index in [4.69, 9.17) is 5.73 Å². The molecular formula is C14H23N3O3S. The molecule has 0 unspecified atom stereocenters. The van der Waals surface area contributed by atoms with Gasteiger partial charge in [-0.05, 0) is 32.0 Å². The SMILES string of the molecule is CC(C)(O)CN1CCN(S(=O)(=O)c2cccc(N)c2)CC1. The zero-order chi connectivity index (χ0) is 15.7. The summed E-state index contributed by atoms with van der Waals surface area (Å²) >= 11 is 0. The molecule has 0 aliphatic carbocycles. The molecule has 3 N–H and O–H groups in total. The molecule has 1 saturated heterocycles. The van der Waals surface area contributed by atoms with Crippen LogP contribution in [0.25, 0.3) is 0 Å². The van der Waals surface area contributed by atoms with Crippen molar-refractivity contribution in [1.29, 1.82) is 0 Å². The molecule has 118 valence electrons. The van der Waals surface area contributed by atoms with Crippen molar-refractivity contribution in [3.63, 3.8) is 0 Å². The zero-order valence-corrected chi connectivity index (χ0v) is 13.3. The fourth-order valence-corrected chi connectivity index (χ4v) is 3.98. The number of nitrogen functional groups attached to an aromatic ring is 1. The van der Waals surface area contributed by atoms with Crippen molar-refractivity contribution in [2.24, 2.45) is 0 Å². The predicted molar refractivity (Wildman–Crippen MR) is 82.4 cm³/mol. The molecule has 0 aromatic heterocycles. The van der Waals surface area contributed by atoms with Gasteiger partial charge >= 0.3 is 0 Å². The number of hydrogen-bond donors (Lipinski definition) is 2. The van der Waals surface area contributed by atoms with E-state index >= 15 is 0 Å². The second kappa shape index (κ2) is 5.92. The molecule has 1 aromatic carbocycles. The summed E-state index contributed by atoms with van der Waals surface area (Å²) in [5.41, 5.74) is 5.33. The first-order valence-electron chi connectivity index (χ1n) is 6.99. The van der Waals surface area contributed by atoms with Gasteiger partial charge in [0.25, 0.3) is 0 Å². The van der Waals surface area contributed by atoms with E-state index in [2.05, 4.69) is 4.90 Å². The smallest absolute Gasteiger partial charge is 0.243 e. The number of nitrogens with zero attached hydrogens (tertiary/aromatic N) is 2. The number of benzene rings is 1. The first-order chi connectivity index (χ1) is 9.68. The van der Waals surface area contributed by atoms with E-state index in [1.54, 1.807) is 32.0 Å². The summed E-state index contributed by atoms with van der Waals surface area (Å²) in [5.74, 6) is 0. The molecule has 0 spiro atoms. The first-order valence-corrected chi connectivity index (χ1v) is 8.43.